The molecule has 0 bridgehead atoms. The smallest absolute Gasteiger partial charge is 0.255 e. The minimum atomic E-state index is -4.77. The van der Waals surface area contributed by atoms with Crippen molar-refractivity contribution in [3.8, 4) is 6.07 Å². The van der Waals surface area contributed by atoms with Crippen LogP contribution >= 0.6 is 0 Å². The van der Waals surface area contributed by atoms with E-state index in [-0.39, 0.29) is 5.56 Å². The van der Waals surface area contributed by atoms with Crippen molar-refractivity contribution in [1.82, 2.24) is 4.98 Å². The Bertz CT molecular complexity index is 459. The third kappa shape index (κ3) is 2.70. The van der Waals surface area contributed by atoms with Crippen molar-refractivity contribution in [3.63, 3.8) is 0 Å². The summed E-state index contributed by atoms with van der Waals surface area (Å²) in [4.78, 5) is 3.27. The molecule has 0 spiro atoms. The van der Waals surface area contributed by atoms with Crippen LogP contribution in [0.25, 0.3) is 0 Å². The Balaban J connectivity index is 3.56. The lowest BCUT2D eigenvalue weighted by molar-refractivity contribution is -0.138. The van der Waals surface area contributed by atoms with Crippen molar-refractivity contribution in [2.24, 2.45) is 0 Å². The van der Waals surface area contributed by atoms with Gasteiger partial charge in [0.1, 0.15) is 5.69 Å². The van der Waals surface area contributed by atoms with E-state index < -0.39 is 35.8 Å². The Kier molecular flexibility index (Phi) is 3.66. The monoisotopic (exact) mass is 250 g/mol. The molecule has 2 nitrogen and oxygen atoms in total. The fourth-order valence-corrected chi connectivity index (χ4v) is 1.52. The number of aromatic nitrogens is 1. The van der Waals surface area contributed by atoms with E-state index in [1.165, 1.54) is 6.07 Å². The van der Waals surface area contributed by atoms with Gasteiger partial charge in [0.05, 0.1) is 18.1 Å². The summed E-state index contributed by atoms with van der Waals surface area (Å²) >= 11 is 0. The number of halogens is 5. The molecule has 0 saturated heterocycles. The van der Waals surface area contributed by atoms with Crippen LogP contribution in [0.2, 0.25) is 0 Å². The molecular weight excluding hydrogens is 243 g/mol. The van der Waals surface area contributed by atoms with Crippen LogP contribution in [-0.4, -0.2) is 4.98 Å². The highest BCUT2D eigenvalue weighted by molar-refractivity contribution is 5.40. The Morgan fingerprint density at radius 3 is 2.41 bits per heavy atom. The van der Waals surface area contributed by atoms with Crippen molar-refractivity contribution in [2.75, 3.05) is 0 Å². The molecule has 0 unspecified atom stereocenters. The second-order valence-corrected chi connectivity index (χ2v) is 3.31. The minimum absolute atomic E-state index is 0.271. The van der Waals surface area contributed by atoms with Crippen LogP contribution in [0.5, 0.6) is 0 Å². The largest absolute Gasteiger partial charge is 0.417 e. The summed E-state index contributed by atoms with van der Waals surface area (Å²) in [6.07, 6.45) is -7.92. The van der Waals surface area contributed by atoms with Crippen molar-refractivity contribution in [2.45, 2.75) is 25.9 Å². The lowest BCUT2D eigenvalue weighted by Crippen LogP contribution is -2.15. The highest BCUT2D eigenvalue weighted by Crippen LogP contribution is 2.37. The predicted octanol–water partition coefficient (Wildman–Crippen LogP) is 3.41. The van der Waals surface area contributed by atoms with E-state index in [4.69, 9.17) is 5.26 Å². The number of aryl methyl sites for hydroxylation is 1. The first-order valence-electron chi connectivity index (χ1n) is 4.49. The summed E-state index contributed by atoms with van der Waals surface area (Å²) < 4.78 is 63.1. The zero-order valence-corrected chi connectivity index (χ0v) is 8.65. The zero-order valence-electron chi connectivity index (χ0n) is 8.65. The van der Waals surface area contributed by atoms with Crippen molar-refractivity contribution in [1.29, 1.82) is 5.26 Å². The number of rotatable bonds is 2. The van der Waals surface area contributed by atoms with Crippen LogP contribution in [0.15, 0.2) is 6.20 Å². The van der Waals surface area contributed by atoms with Crippen LogP contribution in [0.4, 0.5) is 22.0 Å². The highest BCUT2D eigenvalue weighted by Gasteiger charge is 2.37. The molecule has 1 rings (SSSR count). The quantitative estimate of drug-likeness (QED) is 0.754. The number of hydrogen-bond acceptors (Lipinski definition) is 2. The SMILES string of the molecule is Cc1cnc(C(F)F)c(CC#N)c1C(F)(F)F. The summed E-state index contributed by atoms with van der Waals surface area (Å²) in [5.74, 6) is 0. The average molecular weight is 250 g/mol. The second kappa shape index (κ2) is 4.65. The van der Waals surface area contributed by atoms with Gasteiger partial charge in [0.2, 0.25) is 0 Å². The van der Waals surface area contributed by atoms with Crippen LogP contribution in [0, 0.1) is 18.3 Å². The molecular formula is C10H7F5N2. The molecule has 0 aliphatic carbocycles. The summed E-state index contributed by atoms with van der Waals surface area (Å²) in [7, 11) is 0. The topological polar surface area (TPSA) is 36.7 Å². The third-order valence-corrected chi connectivity index (χ3v) is 2.15. The van der Waals surface area contributed by atoms with Gasteiger partial charge in [0.25, 0.3) is 6.43 Å². The molecule has 17 heavy (non-hydrogen) atoms. The lowest BCUT2D eigenvalue weighted by Gasteiger charge is -2.16. The summed E-state index contributed by atoms with van der Waals surface area (Å²) in [5.41, 5.74) is -3.18. The first-order chi connectivity index (χ1) is 7.79. The summed E-state index contributed by atoms with van der Waals surface area (Å²) in [6.45, 7) is 1.12. The maximum absolute atomic E-state index is 12.7. The van der Waals surface area contributed by atoms with Gasteiger partial charge >= 0.3 is 6.18 Å². The van der Waals surface area contributed by atoms with Crippen molar-refractivity contribution < 1.29 is 22.0 Å². The Labute approximate surface area is 93.7 Å². The maximum atomic E-state index is 12.7. The van der Waals surface area contributed by atoms with Crippen molar-refractivity contribution >= 4 is 0 Å². The highest BCUT2D eigenvalue weighted by atomic mass is 19.4. The molecule has 0 atom stereocenters. The molecule has 7 heteroatoms. The molecule has 0 fully saturated rings. The fraction of sp³-hybridized carbons (Fsp3) is 0.400. The molecule has 0 radical (unpaired) electrons. The number of alkyl halides is 5. The molecule has 1 aromatic rings. The predicted molar refractivity (Wildman–Crippen MR) is 48.3 cm³/mol. The normalized spacial score (nSPS) is 11.6. The maximum Gasteiger partial charge on any atom is 0.417 e. The van der Waals surface area contributed by atoms with Crippen molar-refractivity contribution in [3.05, 3.63) is 28.6 Å². The second-order valence-electron chi connectivity index (χ2n) is 3.31. The van der Waals surface area contributed by atoms with Gasteiger partial charge in [0.15, 0.2) is 0 Å². The van der Waals surface area contributed by atoms with Gasteiger partial charge < -0.3 is 0 Å². The number of nitrogens with zero attached hydrogens (tertiary/aromatic N) is 2. The van der Waals surface area contributed by atoms with Crippen LogP contribution in [0.3, 0.4) is 0 Å². The van der Waals surface area contributed by atoms with Crippen LogP contribution in [0.1, 0.15) is 28.8 Å². The van der Waals surface area contributed by atoms with Crippen LogP contribution in [-0.2, 0) is 12.6 Å². The molecule has 1 heterocycles. The molecule has 1 aromatic heterocycles. The summed E-state index contributed by atoms with van der Waals surface area (Å²) in [5, 5.41) is 8.42. The molecule has 0 saturated carbocycles. The van der Waals surface area contributed by atoms with E-state index in [0.717, 1.165) is 13.1 Å². The molecule has 0 aromatic carbocycles. The molecule has 0 aliphatic heterocycles. The van der Waals surface area contributed by atoms with E-state index >= 15 is 0 Å². The van der Waals surface area contributed by atoms with Gasteiger partial charge in [-0.05, 0) is 12.5 Å². The zero-order chi connectivity index (χ0) is 13.2. The average Bonchev–Trinajstić information content (AvgIpc) is 2.15. The van der Waals surface area contributed by atoms with E-state index in [1.54, 1.807) is 0 Å². The Morgan fingerprint density at radius 1 is 1.41 bits per heavy atom. The lowest BCUT2D eigenvalue weighted by atomic mass is 9.99. The number of pyridine rings is 1. The number of hydrogen-bond donors (Lipinski definition) is 0. The van der Waals surface area contributed by atoms with Gasteiger partial charge in [-0.2, -0.15) is 18.4 Å². The molecule has 0 amide bonds. The Morgan fingerprint density at radius 2 is 2.00 bits per heavy atom. The van der Waals surface area contributed by atoms with E-state index in [1.807, 2.05) is 0 Å². The van der Waals surface area contributed by atoms with Gasteiger partial charge in [-0.1, -0.05) is 0 Å². The minimum Gasteiger partial charge on any atom is -0.255 e. The van der Waals surface area contributed by atoms with E-state index in [0.29, 0.717) is 0 Å². The molecule has 0 aliphatic rings. The van der Waals surface area contributed by atoms with Gasteiger partial charge in [-0.25, -0.2) is 8.78 Å². The molecule has 0 N–H and O–H groups in total. The standard InChI is InChI=1S/C10H7F5N2/c1-5-4-17-8(9(11)12)6(2-3-16)7(5)10(13,14)15/h4,9H,2H2,1H3. The first kappa shape index (κ1) is 13.4. The first-order valence-corrected chi connectivity index (χ1v) is 4.49. The molecule has 92 valence electrons. The van der Waals surface area contributed by atoms with E-state index in [9.17, 15) is 22.0 Å². The van der Waals surface area contributed by atoms with Gasteiger partial charge in [-0.3, -0.25) is 4.98 Å². The van der Waals surface area contributed by atoms with Crippen LogP contribution < -0.4 is 0 Å². The Hall–Kier alpha value is -1.71. The van der Waals surface area contributed by atoms with E-state index in [2.05, 4.69) is 4.98 Å². The van der Waals surface area contributed by atoms with Gasteiger partial charge in [0, 0.05) is 11.8 Å². The third-order valence-electron chi connectivity index (χ3n) is 2.15. The summed E-state index contributed by atoms with van der Waals surface area (Å²) in [6, 6.07) is 1.45. The van der Waals surface area contributed by atoms with Gasteiger partial charge in [-0.15, -0.1) is 0 Å². The number of nitriles is 1. The fourth-order valence-electron chi connectivity index (χ4n) is 1.52.